The van der Waals surface area contributed by atoms with Gasteiger partial charge in [0.2, 0.25) is 5.28 Å². The van der Waals surface area contributed by atoms with Crippen LogP contribution in [0.4, 0.5) is 5.82 Å². The Balaban J connectivity index is 1.90. The lowest BCUT2D eigenvalue weighted by Crippen LogP contribution is -2.05. The van der Waals surface area contributed by atoms with Gasteiger partial charge in [-0.15, -0.1) is 0 Å². The van der Waals surface area contributed by atoms with E-state index in [2.05, 4.69) is 30.2 Å². The van der Waals surface area contributed by atoms with Crippen molar-refractivity contribution in [3.8, 4) is 0 Å². The summed E-state index contributed by atoms with van der Waals surface area (Å²) < 4.78 is 0. The number of anilines is 1. The average molecular weight is 283 g/mol. The number of hydrogen-bond donors (Lipinski definition) is 3. The molecule has 0 bridgehead atoms. The van der Waals surface area contributed by atoms with Gasteiger partial charge in [0.05, 0.1) is 12.9 Å². The molecule has 0 saturated heterocycles. The summed E-state index contributed by atoms with van der Waals surface area (Å²) in [5.41, 5.74) is 1.96. The number of H-pyrrole nitrogens is 2. The average Bonchev–Trinajstić information content (AvgIpc) is 2.94. The Morgan fingerprint density at radius 1 is 1.44 bits per heavy atom. The van der Waals surface area contributed by atoms with Crippen LogP contribution in [0.1, 0.15) is 5.69 Å². The summed E-state index contributed by atoms with van der Waals surface area (Å²) >= 11 is 6.91. The molecule has 0 aromatic carbocycles. The van der Waals surface area contributed by atoms with E-state index in [0.29, 0.717) is 23.5 Å². The summed E-state index contributed by atoms with van der Waals surface area (Å²) in [7, 11) is 0. The van der Waals surface area contributed by atoms with Gasteiger partial charge < -0.3 is 15.3 Å². The molecular weight excluding hydrogens is 276 g/mol. The maximum atomic E-state index is 11.0. The maximum Gasteiger partial charge on any atom is 0.304 e. The normalized spacial score (nSPS) is 10.9. The first-order valence-corrected chi connectivity index (χ1v) is 6.25. The van der Waals surface area contributed by atoms with Gasteiger partial charge in [-0.05, 0) is 11.6 Å². The lowest BCUT2D eigenvalue weighted by atomic mass is 10.4. The molecule has 3 N–H and O–H groups in total. The van der Waals surface area contributed by atoms with Crippen molar-refractivity contribution in [2.45, 2.75) is 6.54 Å². The summed E-state index contributed by atoms with van der Waals surface area (Å²) in [4.78, 5) is 28.6. The van der Waals surface area contributed by atoms with Crippen LogP contribution in [0.15, 0.2) is 16.5 Å². The van der Waals surface area contributed by atoms with E-state index in [1.807, 2.05) is 0 Å². The minimum absolute atomic E-state index is 0.0841. The minimum Gasteiger partial charge on any atom is -0.363 e. The van der Waals surface area contributed by atoms with E-state index in [4.69, 9.17) is 11.6 Å². The van der Waals surface area contributed by atoms with Crippen LogP contribution < -0.4 is 10.2 Å². The molecule has 18 heavy (non-hydrogen) atoms. The Labute approximate surface area is 109 Å². The second-order valence-corrected chi connectivity index (χ2v) is 4.65. The molecule has 3 aromatic rings. The number of nitrogens with one attached hydrogen (secondary N) is 3. The molecule has 7 nitrogen and oxygen atoms in total. The molecular formula is C9H7ClN6OS. The summed E-state index contributed by atoms with van der Waals surface area (Å²) in [5.74, 6) is 0.551. The summed E-state index contributed by atoms with van der Waals surface area (Å²) in [5, 5.41) is 4.95. The summed E-state index contributed by atoms with van der Waals surface area (Å²) in [6.45, 7) is 0.445. The lowest BCUT2D eigenvalue weighted by Gasteiger charge is -2.04. The third-order valence-electron chi connectivity index (χ3n) is 2.28. The Morgan fingerprint density at radius 3 is 3.11 bits per heavy atom. The molecule has 0 aliphatic heterocycles. The van der Waals surface area contributed by atoms with Gasteiger partial charge in [0.1, 0.15) is 5.52 Å². The van der Waals surface area contributed by atoms with Gasteiger partial charge in [0.15, 0.2) is 11.5 Å². The highest BCUT2D eigenvalue weighted by atomic mass is 35.5. The monoisotopic (exact) mass is 282 g/mol. The Kier molecular flexibility index (Phi) is 2.73. The van der Waals surface area contributed by atoms with Gasteiger partial charge in [0, 0.05) is 11.1 Å². The highest BCUT2D eigenvalue weighted by Crippen LogP contribution is 2.18. The van der Waals surface area contributed by atoms with Crippen molar-refractivity contribution in [3.63, 3.8) is 0 Å². The van der Waals surface area contributed by atoms with Gasteiger partial charge in [-0.1, -0.05) is 11.3 Å². The Bertz CT molecular complexity index is 747. The Morgan fingerprint density at radius 2 is 2.33 bits per heavy atom. The number of hydrogen-bond acceptors (Lipinski definition) is 6. The van der Waals surface area contributed by atoms with Crippen molar-refractivity contribution in [3.05, 3.63) is 32.4 Å². The van der Waals surface area contributed by atoms with Crippen LogP contribution in [0, 0.1) is 0 Å². The van der Waals surface area contributed by atoms with Gasteiger partial charge >= 0.3 is 4.87 Å². The van der Waals surface area contributed by atoms with Crippen molar-refractivity contribution in [1.29, 1.82) is 0 Å². The first kappa shape index (κ1) is 11.2. The van der Waals surface area contributed by atoms with Crippen LogP contribution in [0.2, 0.25) is 5.28 Å². The molecule has 3 heterocycles. The number of fused-ring (bicyclic) bond motifs is 1. The first-order chi connectivity index (χ1) is 8.72. The number of halogens is 1. The van der Waals surface area contributed by atoms with Crippen molar-refractivity contribution < 1.29 is 0 Å². The molecule has 92 valence electrons. The van der Waals surface area contributed by atoms with Crippen LogP contribution >= 0.6 is 22.9 Å². The van der Waals surface area contributed by atoms with E-state index >= 15 is 0 Å². The zero-order chi connectivity index (χ0) is 12.5. The van der Waals surface area contributed by atoms with Gasteiger partial charge in [-0.2, -0.15) is 9.97 Å². The van der Waals surface area contributed by atoms with Crippen molar-refractivity contribution in [1.82, 2.24) is 24.9 Å². The molecule has 3 rings (SSSR count). The third-order valence-corrected chi connectivity index (χ3v) is 3.16. The van der Waals surface area contributed by atoms with Gasteiger partial charge in [-0.3, -0.25) is 4.79 Å². The fourth-order valence-electron chi connectivity index (χ4n) is 1.51. The zero-order valence-electron chi connectivity index (χ0n) is 8.90. The minimum atomic E-state index is -0.0841. The summed E-state index contributed by atoms with van der Waals surface area (Å²) in [6, 6.07) is 0. The number of rotatable bonds is 3. The SMILES string of the molecule is O=c1[nH]c(CNc2nc(Cl)nc3nc[nH]c23)cs1. The fourth-order valence-corrected chi connectivity index (χ4v) is 2.26. The van der Waals surface area contributed by atoms with Crippen LogP contribution in [0.5, 0.6) is 0 Å². The quantitative estimate of drug-likeness (QED) is 0.630. The number of nitrogens with zero attached hydrogens (tertiary/aromatic N) is 3. The highest BCUT2D eigenvalue weighted by Gasteiger charge is 2.08. The van der Waals surface area contributed by atoms with Crippen LogP contribution in [-0.2, 0) is 6.54 Å². The van der Waals surface area contributed by atoms with E-state index in [1.54, 1.807) is 5.38 Å². The molecule has 0 unspecified atom stereocenters. The highest BCUT2D eigenvalue weighted by molar-refractivity contribution is 7.07. The largest absolute Gasteiger partial charge is 0.363 e. The predicted octanol–water partition coefficient (Wildman–Crippen LogP) is 1.37. The molecule has 0 amide bonds. The Hall–Kier alpha value is -1.93. The smallest absolute Gasteiger partial charge is 0.304 e. The standard InChI is InChI=1S/C9H7ClN6OS/c10-8-15-6(5-7(16-8)13-3-12-5)11-1-4-2-18-9(17)14-4/h2-3H,1H2,(H,14,17)(H2,11,12,13,15,16). The predicted molar refractivity (Wildman–Crippen MR) is 69.0 cm³/mol. The second-order valence-electron chi connectivity index (χ2n) is 3.47. The molecule has 0 aliphatic carbocycles. The topological polar surface area (TPSA) is 99.3 Å². The molecule has 0 saturated carbocycles. The summed E-state index contributed by atoms with van der Waals surface area (Å²) in [6.07, 6.45) is 1.52. The van der Waals surface area contributed by atoms with E-state index in [9.17, 15) is 4.79 Å². The molecule has 0 radical (unpaired) electrons. The number of aromatic amines is 2. The van der Waals surface area contributed by atoms with Crippen LogP contribution in [-0.4, -0.2) is 24.9 Å². The van der Waals surface area contributed by atoms with Crippen molar-refractivity contribution >= 4 is 39.9 Å². The first-order valence-electron chi connectivity index (χ1n) is 4.99. The lowest BCUT2D eigenvalue weighted by molar-refractivity contribution is 1.04. The molecule has 0 spiro atoms. The number of thiazole rings is 1. The van der Waals surface area contributed by atoms with Crippen LogP contribution in [0.3, 0.4) is 0 Å². The van der Waals surface area contributed by atoms with E-state index in [0.717, 1.165) is 17.0 Å². The molecule has 0 fully saturated rings. The molecule has 0 aliphatic rings. The number of aromatic nitrogens is 5. The van der Waals surface area contributed by atoms with Gasteiger partial charge in [-0.25, -0.2) is 4.98 Å². The van der Waals surface area contributed by atoms with Gasteiger partial charge in [0.25, 0.3) is 0 Å². The van der Waals surface area contributed by atoms with Crippen molar-refractivity contribution in [2.24, 2.45) is 0 Å². The van der Waals surface area contributed by atoms with E-state index < -0.39 is 0 Å². The fraction of sp³-hybridized carbons (Fsp3) is 0.111. The number of imidazole rings is 1. The van der Waals surface area contributed by atoms with Crippen molar-refractivity contribution in [2.75, 3.05) is 5.32 Å². The molecule has 9 heteroatoms. The molecule has 0 atom stereocenters. The zero-order valence-corrected chi connectivity index (χ0v) is 10.5. The molecule has 3 aromatic heterocycles. The van der Waals surface area contributed by atoms with Crippen LogP contribution in [0.25, 0.3) is 11.2 Å². The second kappa shape index (κ2) is 4.39. The third kappa shape index (κ3) is 2.07. The maximum absolute atomic E-state index is 11.0. The van der Waals surface area contributed by atoms with E-state index in [-0.39, 0.29) is 10.2 Å². The van der Waals surface area contributed by atoms with E-state index in [1.165, 1.54) is 6.33 Å².